The summed E-state index contributed by atoms with van der Waals surface area (Å²) in [7, 11) is 1.92. The molecule has 0 radical (unpaired) electrons. The van der Waals surface area contributed by atoms with E-state index < -0.39 is 0 Å². The Bertz CT molecular complexity index is 917. The fourth-order valence-corrected chi connectivity index (χ4v) is 5.07. The second-order valence-corrected chi connectivity index (χ2v) is 9.14. The number of benzene rings is 2. The fraction of sp³-hybridized carbons (Fsp3) is 0.391. The summed E-state index contributed by atoms with van der Waals surface area (Å²) in [6.07, 6.45) is 0. The van der Waals surface area contributed by atoms with Crippen molar-refractivity contribution < 1.29 is 14.6 Å². The number of hydrogen-bond donors (Lipinski definition) is 2. The molecule has 4 rings (SSSR count). The first-order valence-corrected chi connectivity index (χ1v) is 11.2. The summed E-state index contributed by atoms with van der Waals surface area (Å²) in [5.41, 5.74) is 2.29. The van der Waals surface area contributed by atoms with E-state index in [2.05, 4.69) is 37.3 Å². The Morgan fingerprint density at radius 2 is 1.69 bits per heavy atom. The van der Waals surface area contributed by atoms with E-state index in [1.54, 1.807) is 4.90 Å². The van der Waals surface area contributed by atoms with Crippen molar-refractivity contribution in [2.45, 2.75) is 19.5 Å². The maximum Gasteiger partial charge on any atom is 0.278 e. The monoisotopic (exact) mass is 410 g/mol. The number of likely N-dealkylation sites (N-methyl/N-ethyl adjacent to an activating group) is 1. The average Bonchev–Trinajstić information content (AvgIpc) is 3.17. The van der Waals surface area contributed by atoms with Crippen molar-refractivity contribution in [3.63, 3.8) is 0 Å². The number of carbonyl (C=O) groups excluding carboxylic acids is 1. The molecule has 0 unspecified atom stereocenters. The molecule has 0 spiro atoms. The van der Waals surface area contributed by atoms with Gasteiger partial charge >= 0.3 is 0 Å². The highest BCUT2D eigenvalue weighted by atomic mass is 32.1. The molecule has 2 aromatic carbocycles. The Labute approximate surface area is 176 Å². The molecular formula is C23H30N4OS+2. The van der Waals surface area contributed by atoms with Gasteiger partial charge in [-0.05, 0) is 24.6 Å². The van der Waals surface area contributed by atoms with E-state index in [9.17, 15) is 4.79 Å². The predicted octanol–water partition coefficient (Wildman–Crippen LogP) is 0.799. The molecule has 1 aliphatic rings. The Morgan fingerprint density at radius 3 is 2.41 bits per heavy atom. The molecule has 5 nitrogen and oxygen atoms in total. The van der Waals surface area contributed by atoms with Crippen LogP contribution in [0.1, 0.15) is 23.5 Å². The number of hydrogen-bond acceptors (Lipinski definition) is 3. The first kappa shape index (κ1) is 20.0. The zero-order valence-electron chi connectivity index (χ0n) is 17.2. The molecule has 1 atom stereocenters. The minimum atomic E-state index is 0.106. The summed E-state index contributed by atoms with van der Waals surface area (Å²) in [5, 5.41) is 1.22. The summed E-state index contributed by atoms with van der Waals surface area (Å²) in [5.74, 6) is 0.228. The smallest absolute Gasteiger partial charge is 0.278 e. The quantitative estimate of drug-likeness (QED) is 0.631. The van der Waals surface area contributed by atoms with E-state index in [0.717, 1.165) is 38.2 Å². The fourth-order valence-electron chi connectivity index (χ4n) is 4.03. The van der Waals surface area contributed by atoms with Crippen molar-refractivity contribution in [1.29, 1.82) is 0 Å². The van der Waals surface area contributed by atoms with Crippen LogP contribution in [0.5, 0.6) is 0 Å². The van der Waals surface area contributed by atoms with E-state index in [-0.39, 0.29) is 11.9 Å². The highest BCUT2D eigenvalue weighted by molar-refractivity contribution is 7.18. The standard InChI is InChI=1S/C23H28N4OS/c1-18(19-8-4-3-5-9-19)25(2)23(28)17-27-14-12-26(13-15-27)16-22-24-20-10-6-7-11-21(20)29-22/h3-11,18H,12-17H2,1-2H3/p+2/t18-/m1/s1. The van der Waals surface area contributed by atoms with Crippen molar-refractivity contribution in [3.8, 4) is 0 Å². The number of piperazine rings is 1. The zero-order valence-corrected chi connectivity index (χ0v) is 18.0. The first-order valence-electron chi connectivity index (χ1n) is 10.4. The highest BCUT2D eigenvalue weighted by Gasteiger charge is 2.28. The van der Waals surface area contributed by atoms with Gasteiger partial charge in [0.05, 0.1) is 16.3 Å². The van der Waals surface area contributed by atoms with Crippen molar-refractivity contribution >= 4 is 27.5 Å². The van der Waals surface area contributed by atoms with Gasteiger partial charge in [-0.1, -0.05) is 42.5 Å². The van der Waals surface area contributed by atoms with Crippen LogP contribution in [0.25, 0.3) is 10.2 Å². The summed E-state index contributed by atoms with van der Waals surface area (Å²) in [6.45, 7) is 7.95. The summed E-state index contributed by atoms with van der Waals surface area (Å²) < 4.78 is 1.27. The summed E-state index contributed by atoms with van der Waals surface area (Å²) >= 11 is 1.81. The normalized spacial score (nSPS) is 20.5. The topological polar surface area (TPSA) is 42.1 Å². The van der Waals surface area contributed by atoms with Crippen molar-refractivity contribution in [2.24, 2.45) is 0 Å². The maximum absolute atomic E-state index is 12.8. The SMILES string of the molecule is C[C@H](c1ccccc1)N(C)C(=O)C[NH+]1CC[NH+](Cc2nc3ccccc3s2)CC1. The average molecular weight is 411 g/mol. The molecule has 29 heavy (non-hydrogen) atoms. The number of aromatic nitrogens is 1. The van der Waals surface area contributed by atoms with Crippen molar-refractivity contribution in [3.05, 3.63) is 65.2 Å². The van der Waals surface area contributed by atoms with E-state index in [1.807, 2.05) is 47.5 Å². The largest absolute Gasteiger partial charge is 0.334 e. The second-order valence-electron chi connectivity index (χ2n) is 8.02. The van der Waals surface area contributed by atoms with E-state index in [4.69, 9.17) is 4.98 Å². The first-order chi connectivity index (χ1) is 14.1. The molecule has 0 saturated carbocycles. The summed E-state index contributed by atoms with van der Waals surface area (Å²) in [6, 6.07) is 18.7. The number of nitrogens with one attached hydrogen (secondary N) is 2. The number of fused-ring (bicyclic) bond motifs is 1. The Balaban J connectivity index is 1.26. The lowest BCUT2D eigenvalue weighted by Gasteiger charge is -2.31. The van der Waals surface area contributed by atoms with Crippen LogP contribution in [-0.2, 0) is 11.3 Å². The van der Waals surface area contributed by atoms with Crippen molar-refractivity contribution in [2.75, 3.05) is 39.8 Å². The number of amides is 1. The van der Waals surface area contributed by atoms with Crippen LogP contribution in [-0.4, -0.2) is 55.6 Å². The third-order valence-electron chi connectivity index (χ3n) is 6.06. The van der Waals surface area contributed by atoms with Gasteiger partial charge in [0.1, 0.15) is 37.7 Å². The Kier molecular flexibility index (Phi) is 6.23. The molecule has 0 bridgehead atoms. The van der Waals surface area contributed by atoms with Gasteiger partial charge < -0.3 is 14.7 Å². The molecule has 1 aromatic heterocycles. The summed E-state index contributed by atoms with van der Waals surface area (Å²) in [4.78, 5) is 22.4. The van der Waals surface area contributed by atoms with Crippen LogP contribution in [0, 0.1) is 0 Å². The van der Waals surface area contributed by atoms with Gasteiger partial charge in [0.15, 0.2) is 6.54 Å². The van der Waals surface area contributed by atoms with Crippen LogP contribution in [0.4, 0.5) is 0 Å². The van der Waals surface area contributed by atoms with Gasteiger partial charge in [0.2, 0.25) is 0 Å². The lowest BCUT2D eigenvalue weighted by atomic mass is 10.1. The molecule has 3 aromatic rings. The van der Waals surface area contributed by atoms with Gasteiger partial charge in [0.25, 0.3) is 5.91 Å². The van der Waals surface area contributed by atoms with Crippen LogP contribution in [0.15, 0.2) is 54.6 Å². The molecule has 1 amide bonds. The number of carbonyl (C=O) groups is 1. The van der Waals surface area contributed by atoms with Gasteiger partial charge in [0, 0.05) is 7.05 Å². The number of thiazole rings is 1. The Morgan fingerprint density at radius 1 is 1.03 bits per heavy atom. The van der Waals surface area contributed by atoms with Crippen LogP contribution < -0.4 is 9.80 Å². The molecule has 152 valence electrons. The van der Waals surface area contributed by atoms with Gasteiger partial charge in [-0.15, -0.1) is 11.3 Å². The van der Waals surface area contributed by atoms with Crippen molar-refractivity contribution in [1.82, 2.24) is 9.88 Å². The van der Waals surface area contributed by atoms with Crippen LogP contribution in [0.3, 0.4) is 0 Å². The molecule has 1 fully saturated rings. The number of nitrogens with zero attached hydrogens (tertiary/aromatic N) is 2. The third kappa shape index (κ3) is 4.83. The predicted molar refractivity (Wildman–Crippen MR) is 117 cm³/mol. The number of quaternary nitrogens is 2. The van der Waals surface area contributed by atoms with Gasteiger partial charge in [-0.25, -0.2) is 4.98 Å². The lowest BCUT2D eigenvalue weighted by Crippen LogP contribution is -3.28. The minimum Gasteiger partial charge on any atom is -0.334 e. The molecular weight excluding hydrogens is 380 g/mol. The number of rotatable bonds is 6. The third-order valence-corrected chi connectivity index (χ3v) is 7.10. The zero-order chi connectivity index (χ0) is 20.2. The number of para-hydroxylation sites is 1. The molecule has 1 aliphatic heterocycles. The molecule has 1 saturated heterocycles. The lowest BCUT2D eigenvalue weighted by molar-refractivity contribution is -1.02. The highest BCUT2D eigenvalue weighted by Crippen LogP contribution is 2.20. The molecule has 6 heteroatoms. The molecule has 2 heterocycles. The maximum atomic E-state index is 12.8. The van der Waals surface area contributed by atoms with Gasteiger partial charge in [-0.3, -0.25) is 4.79 Å². The van der Waals surface area contributed by atoms with Gasteiger partial charge in [-0.2, -0.15) is 0 Å². The second kappa shape index (κ2) is 9.03. The van der Waals surface area contributed by atoms with Crippen LogP contribution in [0.2, 0.25) is 0 Å². The van der Waals surface area contributed by atoms with E-state index in [1.165, 1.54) is 20.2 Å². The van der Waals surface area contributed by atoms with E-state index in [0.29, 0.717) is 6.54 Å². The van der Waals surface area contributed by atoms with E-state index >= 15 is 0 Å². The van der Waals surface area contributed by atoms with Crippen LogP contribution >= 0.6 is 11.3 Å². The molecule has 2 N–H and O–H groups in total. The molecule has 0 aliphatic carbocycles. The minimum absolute atomic E-state index is 0.106. The Hall–Kier alpha value is -2.28.